The number of nitrogens with one attached hydrogen (secondary N) is 1. The number of hydrogen-bond donors (Lipinski definition) is 2. The van der Waals surface area contributed by atoms with Gasteiger partial charge in [-0.1, -0.05) is 6.92 Å². The van der Waals surface area contributed by atoms with Crippen molar-refractivity contribution in [1.82, 2.24) is 5.32 Å². The first-order valence-corrected chi connectivity index (χ1v) is 4.22. The minimum Gasteiger partial charge on any atom is -0.447 e. The molecule has 0 fully saturated rings. The molecule has 2 N–H and O–H groups in total. The number of hydrogen-bond acceptors (Lipinski definition) is 3. The van der Waals surface area contributed by atoms with Gasteiger partial charge in [0, 0.05) is 12.5 Å². The average molecular weight is 185 g/mol. The molecule has 0 bridgehead atoms. The summed E-state index contributed by atoms with van der Waals surface area (Å²) in [5.41, 5.74) is 0. The molecule has 0 rings (SSSR count). The van der Waals surface area contributed by atoms with E-state index in [1.807, 2.05) is 6.92 Å². The standard InChI is InChI=1S/C9H15NO3/c1-3-5-8(4-2)10-9(12)13-7-6-11/h1,8,11H,4-7H2,2H3,(H,10,12). The number of ether oxygens (including phenoxy) is 1. The van der Waals surface area contributed by atoms with E-state index in [1.54, 1.807) is 0 Å². The van der Waals surface area contributed by atoms with E-state index in [2.05, 4.69) is 16.0 Å². The Hall–Kier alpha value is -1.21. The molecule has 0 spiro atoms. The van der Waals surface area contributed by atoms with Gasteiger partial charge in [0.25, 0.3) is 0 Å². The quantitative estimate of drug-likeness (QED) is 0.613. The first-order valence-electron chi connectivity index (χ1n) is 4.22. The summed E-state index contributed by atoms with van der Waals surface area (Å²) in [5.74, 6) is 2.46. The van der Waals surface area contributed by atoms with Gasteiger partial charge >= 0.3 is 6.09 Å². The van der Waals surface area contributed by atoms with Crippen molar-refractivity contribution in [2.24, 2.45) is 0 Å². The maximum Gasteiger partial charge on any atom is 0.407 e. The molecule has 1 amide bonds. The molecule has 0 saturated heterocycles. The smallest absolute Gasteiger partial charge is 0.407 e. The van der Waals surface area contributed by atoms with E-state index >= 15 is 0 Å². The zero-order valence-electron chi connectivity index (χ0n) is 7.75. The number of rotatable bonds is 5. The maximum absolute atomic E-state index is 10.9. The molecular weight excluding hydrogens is 170 g/mol. The lowest BCUT2D eigenvalue weighted by Gasteiger charge is -2.13. The maximum atomic E-state index is 10.9. The lowest BCUT2D eigenvalue weighted by atomic mass is 10.2. The molecule has 0 aliphatic carbocycles. The molecular formula is C9H15NO3. The monoisotopic (exact) mass is 185 g/mol. The third kappa shape index (κ3) is 6.00. The molecule has 0 aromatic rings. The Morgan fingerprint density at radius 1 is 1.77 bits per heavy atom. The van der Waals surface area contributed by atoms with Gasteiger partial charge in [-0.2, -0.15) is 0 Å². The third-order valence-corrected chi connectivity index (χ3v) is 1.50. The summed E-state index contributed by atoms with van der Waals surface area (Å²) in [4.78, 5) is 10.9. The highest BCUT2D eigenvalue weighted by Crippen LogP contribution is 1.96. The van der Waals surface area contributed by atoms with Crippen molar-refractivity contribution in [3.63, 3.8) is 0 Å². The molecule has 1 atom stereocenters. The molecule has 0 aliphatic rings. The molecule has 0 saturated carbocycles. The molecule has 0 aromatic heterocycles. The SMILES string of the molecule is C#CCC(CC)NC(=O)OCCO. The summed E-state index contributed by atoms with van der Waals surface area (Å²) in [6, 6.07) is -0.0452. The van der Waals surface area contributed by atoms with Gasteiger partial charge in [0.2, 0.25) is 0 Å². The normalized spacial score (nSPS) is 11.5. The van der Waals surface area contributed by atoms with Gasteiger partial charge in [-0.3, -0.25) is 0 Å². The van der Waals surface area contributed by atoms with Crippen LogP contribution in [0.5, 0.6) is 0 Å². The first-order chi connectivity index (χ1) is 6.24. The number of aliphatic hydroxyl groups excluding tert-OH is 1. The van der Waals surface area contributed by atoms with Crippen LogP contribution in [0.25, 0.3) is 0 Å². The van der Waals surface area contributed by atoms with Crippen molar-refractivity contribution in [1.29, 1.82) is 0 Å². The van der Waals surface area contributed by atoms with E-state index in [4.69, 9.17) is 11.5 Å². The largest absolute Gasteiger partial charge is 0.447 e. The van der Waals surface area contributed by atoms with Crippen molar-refractivity contribution in [3.8, 4) is 12.3 Å². The Labute approximate surface area is 78.3 Å². The second-order valence-corrected chi connectivity index (χ2v) is 2.52. The highest BCUT2D eigenvalue weighted by atomic mass is 16.6. The molecule has 13 heavy (non-hydrogen) atoms. The van der Waals surface area contributed by atoms with Crippen LogP contribution in [0, 0.1) is 12.3 Å². The molecule has 4 nitrogen and oxygen atoms in total. The molecule has 0 aromatic carbocycles. The van der Waals surface area contributed by atoms with Crippen LogP contribution in [0.1, 0.15) is 19.8 Å². The Bertz CT molecular complexity index is 186. The van der Waals surface area contributed by atoms with Gasteiger partial charge < -0.3 is 15.2 Å². The Kier molecular flexibility index (Phi) is 6.75. The van der Waals surface area contributed by atoms with Crippen molar-refractivity contribution in [2.75, 3.05) is 13.2 Å². The van der Waals surface area contributed by atoms with Gasteiger partial charge in [-0.15, -0.1) is 12.3 Å². The number of terminal acetylenes is 1. The third-order valence-electron chi connectivity index (χ3n) is 1.50. The van der Waals surface area contributed by atoms with E-state index in [-0.39, 0.29) is 19.3 Å². The number of alkyl carbamates (subject to hydrolysis) is 1. The van der Waals surface area contributed by atoms with Gasteiger partial charge in [-0.25, -0.2) is 4.79 Å². The van der Waals surface area contributed by atoms with Gasteiger partial charge in [-0.05, 0) is 6.42 Å². The van der Waals surface area contributed by atoms with Crippen molar-refractivity contribution < 1.29 is 14.6 Å². The second kappa shape index (κ2) is 7.44. The Balaban J connectivity index is 3.67. The van der Waals surface area contributed by atoms with Crippen LogP contribution in [0.3, 0.4) is 0 Å². The number of aliphatic hydroxyl groups is 1. The zero-order chi connectivity index (χ0) is 10.1. The van der Waals surface area contributed by atoms with Crippen LogP contribution in [0.2, 0.25) is 0 Å². The predicted octanol–water partition coefficient (Wildman–Crippen LogP) is 0.507. The zero-order valence-corrected chi connectivity index (χ0v) is 7.75. The lowest BCUT2D eigenvalue weighted by Crippen LogP contribution is -2.35. The topological polar surface area (TPSA) is 58.6 Å². The van der Waals surface area contributed by atoms with Crippen LogP contribution in [-0.2, 0) is 4.74 Å². The fourth-order valence-electron chi connectivity index (χ4n) is 0.786. The van der Waals surface area contributed by atoms with Crippen LogP contribution >= 0.6 is 0 Å². The minimum atomic E-state index is -0.531. The van der Waals surface area contributed by atoms with Gasteiger partial charge in [0.05, 0.1) is 6.61 Å². The van der Waals surface area contributed by atoms with Crippen molar-refractivity contribution >= 4 is 6.09 Å². The minimum absolute atomic E-state index is 0.0122. The fraction of sp³-hybridized carbons (Fsp3) is 0.667. The summed E-state index contributed by atoms with van der Waals surface area (Å²) < 4.78 is 4.60. The molecule has 1 unspecified atom stereocenters. The Morgan fingerprint density at radius 3 is 2.92 bits per heavy atom. The predicted molar refractivity (Wildman–Crippen MR) is 49.1 cm³/mol. The van der Waals surface area contributed by atoms with Crippen LogP contribution < -0.4 is 5.32 Å². The summed E-state index contributed by atoms with van der Waals surface area (Å²) in [6.07, 6.45) is 5.82. The number of carbonyl (C=O) groups is 1. The molecule has 0 aliphatic heterocycles. The van der Waals surface area contributed by atoms with Crippen LogP contribution in [0.4, 0.5) is 4.79 Å². The van der Waals surface area contributed by atoms with E-state index in [1.165, 1.54) is 0 Å². The second-order valence-electron chi connectivity index (χ2n) is 2.52. The van der Waals surface area contributed by atoms with Gasteiger partial charge in [0.15, 0.2) is 0 Å². The summed E-state index contributed by atoms with van der Waals surface area (Å²) in [6.45, 7) is 1.77. The Morgan fingerprint density at radius 2 is 2.46 bits per heavy atom. The average Bonchev–Trinajstić information content (AvgIpc) is 2.14. The van der Waals surface area contributed by atoms with Crippen molar-refractivity contribution in [2.45, 2.75) is 25.8 Å². The van der Waals surface area contributed by atoms with E-state index in [9.17, 15) is 4.79 Å². The van der Waals surface area contributed by atoms with Crippen LogP contribution in [-0.4, -0.2) is 30.5 Å². The number of amides is 1. The first kappa shape index (κ1) is 11.8. The van der Waals surface area contributed by atoms with Gasteiger partial charge in [0.1, 0.15) is 6.61 Å². The molecule has 74 valence electrons. The highest BCUT2D eigenvalue weighted by Gasteiger charge is 2.08. The van der Waals surface area contributed by atoms with E-state index < -0.39 is 6.09 Å². The fourth-order valence-corrected chi connectivity index (χ4v) is 0.786. The van der Waals surface area contributed by atoms with E-state index in [0.29, 0.717) is 6.42 Å². The van der Waals surface area contributed by atoms with Crippen molar-refractivity contribution in [3.05, 3.63) is 0 Å². The summed E-state index contributed by atoms with van der Waals surface area (Å²) in [7, 11) is 0. The van der Waals surface area contributed by atoms with Crippen LogP contribution in [0.15, 0.2) is 0 Å². The number of carbonyl (C=O) groups excluding carboxylic acids is 1. The molecule has 0 heterocycles. The van der Waals surface area contributed by atoms with E-state index in [0.717, 1.165) is 6.42 Å². The molecule has 0 radical (unpaired) electrons. The lowest BCUT2D eigenvalue weighted by molar-refractivity contribution is 0.116. The summed E-state index contributed by atoms with van der Waals surface area (Å²) in [5, 5.41) is 11.0. The molecule has 4 heteroatoms. The summed E-state index contributed by atoms with van der Waals surface area (Å²) >= 11 is 0. The highest BCUT2D eigenvalue weighted by molar-refractivity contribution is 5.67.